The van der Waals surface area contributed by atoms with Crippen LogP contribution < -0.4 is 5.32 Å². The van der Waals surface area contributed by atoms with Gasteiger partial charge in [0.05, 0.1) is 0 Å². The van der Waals surface area contributed by atoms with Crippen LogP contribution in [0.5, 0.6) is 0 Å². The first kappa shape index (κ1) is 20.2. The van der Waals surface area contributed by atoms with Crippen molar-refractivity contribution >= 4 is 5.71 Å². The Morgan fingerprint density at radius 1 is 0.857 bits per heavy atom. The van der Waals surface area contributed by atoms with Crippen molar-refractivity contribution in [2.45, 2.75) is 93.2 Å². The zero-order valence-corrected chi connectivity index (χ0v) is 15.7. The van der Waals surface area contributed by atoms with E-state index in [1.54, 1.807) is 0 Å². The van der Waals surface area contributed by atoms with Gasteiger partial charge in [0.25, 0.3) is 0 Å². The lowest BCUT2D eigenvalue weighted by Gasteiger charge is -2.24. The summed E-state index contributed by atoms with van der Waals surface area (Å²) in [5, 5.41) is 3.67. The normalized spacial score (nSPS) is 13.9. The standard InChI is InChI=1S/C19H38N2/c1-9-16(10-2)18(20-14(5)6)13-19(21-15(7)8)17(11-3)12-4/h13-17,20H,9-12H2,1-8H3/b18-13-,21-19?. The van der Waals surface area contributed by atoms with Crippen molar-refractivity contribution in [1.82, 2.24) is 5.32 Å². The van der Waals surface area contributed by atoms with Gasteiger partial charge in [0.15, 0.2) is 0 Å². The summed E-state index contributed by atoms with van der Waals surface area (Å²) in [4.78, 5) is 4.92. The Balaban J connectivity index is 5.58. The van der Waals surface area contributed by atoms with Crippen molar-refractivity contribution in [1.29, 1.82) is 0 Å². The molecule has 0 aliphatic carbocycles. The first-order chi connectivity index (χ1) is 9.89. The number of aliphatic imine (C=N–C) groups is 1. The molecule has 0 aromatic heterocycles. The molecule has 0 saturated carbocycles. The Labute approximate surface area is 133 Å². The Bertz CT molecular complexity index is 318. The topological polar surface area (TPSA) is 24.4 Å². The van der Waals surface area contributed by atoms with Crippen LogP contribution >= 0.6 is 0 Å². The minimum atomic E-state index is 0.360. The van der Waals surface area contributed by atoms with E-state index in [1.807, 2.05) is 0 Å². The minimum absolute atomic E-state index is 0.360. The minimum Gasteiger partial charge on any atom is -0.386 e. The summed E-state index contributed by atoms with van der Waals surface area (Å²) in [6, 6.07) is 0.831. The van der Waals surface area contributed by atoms with Gasteiger partial charge < -0.3 is 5.32 Å². The Kier molecular flexibility index (Phi) is 10.5. The van der Waals surface area contributed by atoms with Gasteiger partial charge >= 0.3 is 0 Å². The highest BCUT2D eigenvalue weighted by molar-refractivity contribution is 5.97. The molecular weight excluding hydrogens is 256 g/mol. The maximum Gasteiger partial charge on any atom is 0.0446 e. The number of nitrogens with zero attached hydrogens (tertiary/aromatic N) is 1. The predicted octanol–water partition coefficient (Wildman–Crippen LogP) is 5.59. The van der Waals surface area contributed by atoms with Gasteiger partial charge in [-0.05, 0) is 65.4 Å². The van der Waals surface area contributed by atoms with E-state index in [4.69, 9.17) is 4.99 Å². The van der Waals surface area contributed by atoms with Crippen molar-refractivity contribution in [2.75, 3.05) is 0 Å². The van der Waals surface area contributed by atoms with Gasteiger partial charge in [-0.15, -0.1) is 0 Å². The molecule has 0 amide bonds. The van der Waals surface area contributed by atoms with Gasteiger partial charge in [-0.25, -0.2) is 0 Å². The number of nitrogens with one attached hydrogen (secondary N) is 1. The molecule has 21 heavy (non-hydrogen) atoms. The molecule has 0 aromatic rings. The molecule has 0 aromatic carbocycles. The third-order valence-corrected chi connectivity index (χ3v) is 4.00. The lowest BCUT2D eigenvalue weighted by Crippen LogP contribution is -2.28. The van der Waals surface area contributed by atoms with Gasteiger partial charge in [0.2, 0.25) is 0 Å². The third-order valence-electron chi connectivity index (χ3n) is 4.00. The average molecular weight is 295 g/mol. The lowest BCUT2D eigenvalue weighted by molar-refractivity contribution is 0.501. The fourth-order valence-corrected chi connectivity index (χ4v) is 2.76. The van der Waals surface area contributed by atoms with Gasteiger partial charge in [0.1, 0.15) is 0 Å². The smallest absolute Gasteiger partial charge is 0.0446 e. The number of hydrogen-bond donors (Lipinski definition) is 1. The fraction of sp³-hybridized carbons (Fsp3) is 0.842. The number of rotatable bonds is 10. The Morgan fingerprint density at radius 3 is 1.67 bits per heavy atom. The number of hydrogen-bond acceptors (Lipinski definition) is 2. The molecule has 0 radical (unpaired) electrons. The first-order valence-electron chi connectivity index (χ1n) is 8.95. The molecule has 0 atom stereocenters. The zero-order chi connectivity index (χ0) is 16.4. The molecule has 0 spiro atoms. The van der Waals surface area contributed by atoms with Crippen LogP contribution in [0.1, 0.15) is 81.1 Å². The SMILES string of the molecule is CCC(CC)C(/C=C(\NC(C)C)C(CC)CC)=NC(C)C. The molecule has 0 heterocycles. The van der Waals surface area contributed by atoms with Crippen LogP contribution in [0.4, 0.5) is 0 Å². The van der Waals surface area contributed by atoms with E-state index in [2.05, 4.69) is 66.8 Å². The molecule has 0 fully saturated rings. The van der Waals surface area contributed by atoms with E-state index < -0.39 is 0 Å². The van der Waals surface area contributed by atoms with Gasteiger partial charge in [-0.1, -0.05) is 27.7 Å². The Hall–Kier alpha value is -0.790. The molecule has 0 bridgehead atoms. The average Bonchev–Trinajstić information content (AvgIpc) is 2.39. The third kappa shape index (κ3) is 7.68. The van der Waals surface area contributed by atoms with Crippen molar-refractivity contribution in [3.63, 3.8) is 0 Å². The molecule has 0 unspecified atom stereocenters. The van der Waals surface area contributed by atoms with Crippen LogP contribution in [0.3, 0.4) is 0 Å². The van der Waals surface area contributed by atoms with Crippen LogP contribution in [0.2, 0.25) is 0 Å². The summed E-state index contributed by atoms with van der Waals surface area (Å²) in [6.45, 7) is 17.9. The van der Waals surface area contributed by atoms with E-state index >= 15 is 0 Å². The summed E-state index contributed by atoms with van der Waals surface area (Å²) in [6.07, 6.45) is 7.04. The lowest BCUT2D eigenvalue weighted by atomic mass is 9.92. The molecule has 0 saturated heterocycles. The second kappa shape index (κ2) is 10.9. The van der Waals surface area contributed by atoms with E-state index in [-0.39, 0.29) is 0 Å². The molecule has 2 heteroatoms. The molecule has 0 rings (SSSR count). The van der Waals surface area contributed by atoms with Crippen molar-refractivity contribution in [3.05, 3.63) is 11.8 Å². The summed E-state index contributed by atoms with van der Waals surface area (Å²) in [7, 11) is 0. The van der Waals surface area contributed by atoms with Crippen LogP contribution in [0.15, 0.2) is 16.8 Å². The van der Waals surface area contributed by atoms with E-state index in [0.29, 0.717) is 23.9 Å². The van der Waals surface area contributed by atoms with Crippen LogP contribution in [-0.2, 0) is 0 Å². The largest absolute Gasteiger partial charge is 0.386 e. The highest BCUT2D eigenvalue weighted by Gasteiger charge is 2.16. The monoisotopic (exact) mass is 294 g/mol. The van der Waals surface area contributed by atoms with E-state index in [9.17, 15) is 0 Å². The highest BCUT2D eigenvalue weighted by atomic mass is 14.9. The van der Waals surface area contributed by atoms with Gasteiger partial charge in [-0.2, -0.15) is 0 Å². The van der Waals surface area contributed by atoms with Gasteiger partial charge in [0, 0.05) is 29.4 Å². The van der Waals surface area contributed by atoms with Crippen molar-refractivity contribution < 1.29 is 0 Å². The quantitative estimate of drug-likeness (QED) is 0.522. The zero-order valence-electron chi connectivity index (χ0n) is 15.7. The molecular formula is C19H38N2. The first-order valence-corrected chi connectivity index (χ1v) is 8.95. The maximum atomic E-state index is 4.92. The number of allylic oxidation sites excluding steroid dienone is 2. The summed E-state index contributed by atoms with van der Waals surface area (Å²) >= 11 is 0. The summed E-state index contributed by atoms with van der Waals surface area (Å²) < 4.78 is 0. The van der Waals surface area contributed by atoms with Crippen LogP contribution in [-0.4, -0.2) is 17.8 Å². The Morgan fingerprint density at radius 2 is 1.33 bits per heavy atom. The molecule has 124 valence electrons. The molecule has 0 aliphatic heterocycles. The molecule has 1 N–H and O–H groups in total. The predicted molar refractivity (Wildman–Crippen MR) is 97.1 cm³/mol. The summed E-state index contributed by atoms with van der Waals surface area (Å²) in [5.41, 5.74) is 2.66. The maximum absolute atomic E-state index is 4.92. The summed E-state index contributed by atoms with van der Waals surface area (Å²) in [5.74, 6) is 1.19. The van der Waals surface area contributed by atoms with E-state index in [0.717, 1.165) is 12.8 Å². The fourth-order valence-electron chi connectivity index (χ4n) is 2.76. The molecule has 2 nitrogen and oxygen atoms in total. The molecule has 0 aliphatic rings. The van der Waals surface area contributed by atoms with Crippen molar-refractivity contribution in [3.8, 4) is 0 Å². The van der Waals surface area contributed by atoms with Crippen LogP contribution in [0.25, 0.3) is 0 Å². The second-order valence-corrected chi connectivity index (χ2v) is 6.57. The van der Waals surface area contributed by atoms with Gasteiger partial charge in [-0.3, -0.25) is 4.99 Å². The second-order valence-electron chi connectivity index (χ2n) is 6.57. The van der Waals surface area contributed by atoms with E-state index in [1.165, 1.54) is 24.3 Å². The van der Waals surface area contributed by atoms with Crippen molar-refractivity contribution in [2.24, 2.45) is 16.8 Å². The van der Waals surface area contributed by atoms with Crippen LogP contribution in [0, 0.1) is 11.8 Å². The highest BCUT2D eigenvalue weighted by Crippen LogP contribution is 2.21.